The highest BCUT2D eigenvalue weighted by molar-refractivity contribution is 6.21. The van der Waals surface area contributed by atoms with Gasteiger partial charge in [0.05, 0.1) is 18.2 Å². The van der Waals surface area contributed by atoms with Gasteiger partial charge in [0.25, 0.3) is 5.91 Å². The van der Waals surface area contributed by atoms with E-state index >= 15 is 0 Å². The molecule has 90 valence electrons. The number of aromatic nitrogens is 1. The van der Waals surface area contributed by atoms with Crippen molar-refractivity contribution < 1.29 is 14.1 Å². The number of amides is 1. The first-order valence-electron chi connectivity index (χ1n) is 4.86. The number of methoxy groups -OCH3 is 1. The summed E-state index contributed by atoms with van der Waals surface area (Å²) in [5.41, 5.74) is 0.462. The van der Waals surface area contributed by atoms with Crippen molar-refractivity contribution in [2.24, 2.45) is 0 Å². The molecule has 1 rings (SSSR count). The van der Waals surface area contributed by atoms with E-state index in [1.54, 1.807) is 21.1 Å². The van der Waals surface area contributed by atoms with E-state index in [1.807, 2.05) is 0 Å². The van der Waals surface area contributed by atoms with Crippen LogP contribution in [0.2, 0.25) is 0 Å². The van der Waals surface area contributed by atoms with Gasteiger partial charge in [-0.05, 0) is 6.92 Å². The lowest BCUT2D eigenvalue weighted by Gasteiger charge is -2.19. The summed E-state index contributed by atoms with van der Waals surface area (Å²) in [6.07, 6.45) is 1.41. The number of carbonyl (C=O) groups excluding carboxylic acids is 1. The molecule has 0 saturated carbocycles. The number of aryl methyl sites for hydroxylation is 1. The van der Waals surface area contributed by atoms with E-state index in [-0.39, 0.29) is 11.3 Å². The standard InChI is InChI=1S/C10H15ClN2O3/c1-7-9(4-12-16-7)10(14)13(2)5-8(11)6-15-3/h4,8H,5-6H2,1-3H3. The average Bonchev–Trinajstić information content (AvgIpc) is 2.63. The van der Waals surface area contributed by atoms with Crippen LogP contribution >= 0.6 is 11.6 Å². The van der Waals surface area contributed by atoms with E-state index in [9.17, 15) is 4.79 Å². The molecule has 0 aliphatic carbocycles. The minimum Gasteiger partial charge on any atom is -0.383 e. The molecule has 0 spiro atoms. The predicted molar refractivity (Wildman–Crippen MR) is 59.7 cm³/mol. The topological polar surface area (TPSA) is 55.6 Å². The molecule has 1 aromatic rings. The fraction of sp³-hybridized carbons (Fsp3) is 0.600. The molecule has 16 heavy (non-hydrogen) atoms. The lowest BCUT2D eigenvalue weighted by molar-refractivity contribution is 0.0780. The van der Waals surface area contributed by atoms with Gasteiger partial charge in [-0.3, -0.25) is 4.79 Å². The average molecular weight is 247 g/mol. The first-order valence-corrected chi connectivity index (χ1v) is 5.29. The van der Waals surface area contributed by atoms with Crippen LogP contribution in [0.3, 0.4) is 0 Å². The summed E-state index contributed by atoms with van der Waals surface area (Å²) in [5, 5.41) is 3.34. The smallest absolute Gasteiger partial charge is 0.258 e. The molecular weight excluding hydrogens is 232 g/mol. The lowest BCUT2D eigenvalue weighted by atomic mass is 10.2. The van der Waals surface area contributed by atoms with Crippen molar-refractivity contribution >= 4 is 17.5 Å². The van der Waals surface area contributed by atoms with Gasteiger partial charge < -0.3 is 14.2 Å². The maximum Gasteiger partial charge on any atom is 0.258 e. The Morgan fingerprint density at radius 3 is 2.94 bits per heavy atom. The van der Waals surface area contributed by atoms with Crippen molar-refractivity contribution in [2.75, 3.05) is 27.3 Å². The minimum absolute atomic E-state index is 0.152. The van der Waals surface area contributed by atoms with E-state index in [0.29, 0.717) is 24.5 Å². The van der Waals surface area contributed by atoms with Gasteiger partial charge >= 0.3 is 0 Å². The number of rotatable bonds is 5. The molecular formula is C10H15ClN2O3. The number of alkyl halides is 1. The molecule has 0 N–H and O–H groups in total. The molecule has 0 aromatic carbocycles. The summed E-state index contributed by atoms with van der Waals surface area (Å²) in [5.74, 6) is 0.357. The van der Waals surface area contributed by atoms with E-state index in [2.05, 4.69) is 5.16 Å². The highest BCUT2D eigenvalue weighted by Gasteiger charge is 2.19. The summed E-state index contributed by atoms with van der Waals surface area (Å²) in [4.78, 5) is 13.4. The first-order chi connectivity index (χ1) is 7.56. The van der Waals surface area contributed by atoms with Crippen molar-refractivity contribution in [3.63, 3.8) is 0 Å². The summed E-state index contributed by atoms with van der Waals surface area (Å²) in [6.45, 7) is 2.52. The molecule has 6 heteroatoms. The largest absolute Gasteiger partial charge is 0.383 e. The van der Waals surface area contributed by atoms with Crippen LogP contribution in [0.1, 0.15) is 16.1 Å². The van der Waals surface area contributed by atoms with Crippen molar-refractivity contribution in [2.45, 2.75) is 12.3 Å². The van der Waals surface area contributed by atoms with Gasteiger partial charge in [-0.2, -0.15) is 0 Å². The van der Waals surface area contributed by atoms with Crippen LogP contribution in [0.25, 0.3) is 0 Å². The third-order valence-electron chi connectivity index (χ3n) is 2.15. The highest BCUT2D eigenvalue weighted by atomic mass is 35.5. The number of carbonyl (C=O) groups is 1. The molecule has 0 aliphatic rings. The lowest BCUT2D eigenvalue weighted by Crippen LogP contribution is -2.34. The fourth-order valence-electron chi connectivity index (χ4n) is 1.32. The summed E-state index contributed by atoms with van der Waals surface area (Å²) < 4.78 is 9.73. The zero-order valence-electron chi connectivity index (χ0n) is 9.57. The third kappa shape index (κ3) is 3.21. The normalized spacial score (nSPS) is 12.5. The molecule has 0 bridgehead atoms. The molecule has 0 radical (unpaired) electrons. The molecule has 1 heterocycles. The van der Waals surface area contributed by atoms with Crippen LogP contribution < -0.4 is 0 Å². The number of hydrogen-bond acceptors (Lipinski definition) is 4. The molecule has 0 aliphatic heterocycles. The second-order valence-electron chi connectivity index (χ2n) is 3.53. The summed E-state index contributed by atoms with van der Waals surface area (Å²) in [6, 6.07) is 0. The first kappa shape index (κ1) is 13.0. The Labute approximate surface area is 99.3 Å². The second-order valence-corrected chi connectivity index (χ2v) is 4.15. The van der Waals surface area contributed by atoms with Crippen LogP contribution in [0, 0.1) is 6.92 Å². The van der Waals surface area contributed by atoms with Gasteiger partial charge in [0.2, 0.25) is 0 Å². The highest BCUT2D eigenvalue weighted by Crippen LogP contribution is 2.10. The Balaban J connectivity index is 2.58. The van der Waals surface area contributed by atoms with Crippen molar-refractivity contribution in [1.29, 1.82) is 0 Å². The fourth-order valence-corrected chi connectivity index (χ4v) is 1.66. The van der Waals surface area contributed by atoms with Crippen LogP contribution in [-0.4, -0.2) is 48.6 Å². The third-order valence-corrected chi connectivity index (χ3v) is 2.41. The van der Waals surface area contributed by atoms with Gasteiger partial charge in [0, 0.05) is 20.7 Å². The zero-order chi connectivity index (χ0) is 12.1. The molecule has 0 saturated heterocycles. The number of hydrogen-bond donors (Lipinski definition) is 0. The van der Waals surface area contributed by atoms with Gasteiger partial charge in [-0.25, -0.2) is 0 Å². The van der Waals surface area contributed by atoms with E-state index < -0.39 is 0 Å². The quantitative estimate of drug-likeness (QED) is 0.735. The molecule has 5 nitrogen and oxygen atoms in total. The van der Waals surface area contributed by atoms with E-state index in [1.165, 1.54) is 11.1 Å². The number of nitrogens with zero attached hydrogens (tertiary/aromatic N) is 2. The maximum absolute atomic E-state index is 11.9. The molecule has 1 unspecified atom stereocenters. The van der Waals surface area contributed by atoms with Gasteiger partial charge in [0.1, 0.15) is 11.3 Å². The Morgan fingerprint density at radius 1 is 1.75 bits per heavy atom. The molecule has 1 amide bonds. The Bertz CT molecular complexity index is 354. The summed E-state index contributed by atoms with van der Waals surface area (Å²) >= 11 is 5.96. The minimum atomic E-state index is -0.223. The van der Waals surface area contributed by atoms with E-state index in [4.69, 9.17) is 20.9 Å². The Kier molecular flexibility index (Phi) is 4.76. The number of halogens is 1. The van der Waals surface area contributed by atoms with Gasteiger partial charge in [-0.1, -0.05) is 5.16 Å². The summed E-state index contributed by atoms with van der Waals surface area (Å²) in [7, 11) is 3.25. The van der Waals surface area contributed by atoms with Crippen molar-refractivity contribution in [3.8, 4) is 0 Å². The van der Waals surface area contributed by atoms with E-state index in [0.717, 1.165) is 0 Å². The maximum atomic E-state index is 11.9. The Morgan fingerprint density at radius 2 is 2.44 bits per heavy atom. The SMILES string of the molecule is COCC(Cl)CN(C)C(=O)c1cnoc1C. The monoisotopic (exact) mass is 246 g/mol. The molecule has 1 aromatic heterocycles. The van der Waals surface area contributed by atoms with Crippen LogP contribution in [0.4, 0.5) is 0 Å². The van der Waals surface area contributed by atoms with Crippen LogP contribution in [0.5, 0.6) is 0 Å². The second kappa shape index (κ2) is 5.86. The number of ether oxygens (including phenoxy) is 1. The predicted octanol–water partition coefficient (Wildman–Crippen LogP) is 1.31. The van der Waals surface area contributed by atoms with Crippen LogP contribution in [0.15, 0.2) is 10.7 Å². The van der Waals surface area contributed by atoms with Gasteiger partial charge in [-0.15, -0.1) is 11.6 Å². The molecule has 1 atom stereocenters. The Hall–Kier alpha value is -1.07. The van der Waals surface area contributed by atoms with Crippen molar-refractivity contribution in [1.82, 2.24) is 10.1 Å². The van der Waals surface area contributed by atoms with Gasteiger partial charge in [0.15, 0.2) is 0 Å². The molecule has 0 fully saturated rings. The van der Waals surface area contributed by atoms with Crippen molar-refractivity contribution in [3.05, 3.63) is 17.5 Å². The zero-order valence-corrected chi connectivity index (χ0v) is 10.3. The van der Waals surface area contributed by atoms with Crippen LogP contribution in [-0.2, 0) is 4.74 Å².